The van der Waals surface area contributed by atoms with Gasteiger partial charge < -0.3 is 10.2 Å². The zero-order valence-electron chi connectivity index (χ0n) is 7.90. The molecule has 1 heterocycles. The molecule has 0 aromatic heterocycles. The van der Waals surface area contributed by atoms with Crippen molar-refractivity contribution in [3.63, 3.8) is 0 Å². The van der Waals surface area contributed by atoms with E-state index in [1.807, 2.05) is 0 Å². The Morgan fingerprint density at radius 2 is 2.17 bits per heavy atom. The van der Waals surface area contributed by atoms with Crippen molar-refractivity contribution in [3.8, 4) is 0 Å². The Bertz CT molecular complexity index is 140. The van der Waals surface area contributed by atoms with Gasteiger partial charge >= 0.3 is 0 Å². The van der Waals surface area contributed by atoms with Gasteiger partial charge in [0.15, 0.2) is 0 Å². The van der Waals surface area contributed by atoms with Crippen molar-refractivity contribution in [2.45, 2.75) is 32.4 Å². The summed E-state index contributed by atoms with van der Waals surface area (Å²) in [5.74, 6) is 0.728. The fraction of sp³-hybridized carbons (Fsp3) is 1.00. The molecule has 3 unspecified atom stereocenters. The van der Waals surface area contributed by atoms with Crippen LogP contribution in [0.25, 0.3) is 0 Å². The van der Waals surface area contributed by atoms with Crippen molar-refractivity contribution in [3.05, 3.63) is 0 Å². The molecule has 0 amide bonds. The van der Waals surface area contributed by atoms with E-state index < -0.39 is 6.10 Å². The lowest BCUT2D eigenvalue weighted by molar-refractivity contribution is 0.0567. The van der Waals surface area contributed by atoms with Crippen LogP contribution in [0.4, 0.5) is 0 Å². The fourth-order valence-electron chi connectivity index (χ4n) is 1.97. The maximum atomic E-state index is 9.23. The summed E-state index contributed by atoms with van der Waals surface area (Å²) in [4.78, 5) is 2.24. The third-order valence-corrected chi connectivity index (χ3v) is 2.57. The molecule has 12 heavy (non-hydrogen) atoms. The van der Waals surface area contributed by atoms with E-state index in [2.05, 4.69) is 18.7 Å². The topological polar surface area (TPSA) is 43.7 Å². The second-order valence-electron chi connectivity index (χ2n) is 3.98. The molecule has 1 fully saturated rings. The van der Waals surface area contributed by atoms with E-state index in [1.54, 1.807) is 0 Å². The summed E-state index contributed by atoms with van der Waals surface area (Å²) < 4.78 is 0. The van der Waals surface area contributed by atoms with Crippen LogP contribution < -0.4 is 0 Å². The predicted octanol–water partition coefficient (Wildman–Crippen LogP) is 0.0699. The fourth-order valence-corrected chi connectivity index (χ4v) is 1.97. The highest BCUT2D eigenvalue weighted by atomic mass is 16.3. The molecule has 3 nitrogen and oxygen atoms in total. The van der Waals surface area contributed by atoms with Gasteiger partial charge in [0, 0.05) is 19.1 Å². The first-order chi connectivity index (χ1) is 5.63. The number of rotatable bonds is 3. The standard InChI is InChI=1S/C9H19NO2/c1-7-3-8(2)10(4-7)5-9(12)6-11/h7-9,11-12H,3-6H2,1-2H3. The zero-order valence-corrected chi connectivity index (χ0v) is 7.90. The maximum absolute atomic E-state index is 9.23. The Kier molecular flexibility index (Phi) is 3.50. The highest BCUT2D eigenvalue weighted by Crippen LogP contribution is 2.21. The molecular formula is C9H19NO2. The minimum Gasteiger partial charge on any atom is -0.394 e. The van der Waals surface area contributed by atoms with Crippen LogP contribution in [-0.2, 0) is 0 Å². The molecular weight excluding hydrogens is 154 g/mol. The van der Waals surface area contributed by atoms with Gasteiger partial charge in [-0.1, -0.05) is 6.92 Å². The molecule has 1 aliphatic heterocycles. The number of aliphatic hydroxyl groups excluding tert-OH is 2. The summed E-state index contributed by atoms with van der Waals surface area (Å²) in [6.07, 6.45) is 0.635. The SMILES string of the molecule is CC1CC(C)N(CC(O)CO)C1. The lowest BCUT2D eigenvalue weighted by atomic mass is 10.1. The van der Waals surface area contributed by atoms with Gasteiger partial charge in [-0.3, -0.25) is 4.90 Å². The van der Waals surface area contributed by atoms with E-state index in [0.29, 0.717) is 12.6 Å². The summed E-state index contributed by atoms with van der Waals surface area (Å²) in [7, 11) is 0. The second-order valence-corrected chi connectivity index (χ2v) is 3.98. The van der Waals surface area contributed by atoms with Crippen molar-refractivity contribution >= 4 is 0 Å². The Labute approximate surface area is 74.0 Å². The van der Waals surface area contributed by atoms with Crippen LogP contribution in [0.1, 0.15) is 20.3 Å². The summed E-state index contributed by atoms with van der Waals surface area (Å²) in [6, 6.07) is 0.557. The Hall–Kier alpha value is -0.120. The number of nitrogens with zero attached hydrogens (tertiary/aromatic N) is 1. The Morgan fingerprint density at radius 1 is 1.50 bits per heavy atom. The molecule has 3 heteroatoms. The molecule has 0 aromatic carbocycles. The molecule has 1 saturated heterocycles. The first kappa shape index (κ1) is 9.96. The van der Waals surface area contributed by atoms with Crippen molar-refractivity contribution in [1.82, 2.24) is 4.90 Å². The maximum Gasteiger partial charge on any atom is 0.0897 e. The number of hydrogen-bond acceptors (Lipinski definition) is 3. The van der Waals surface area contributed by atoms with Crippen molar-refractivity contribution in [2.75, 3.05) is 19.7 Å². The van der Waals surface area contributed by atoms with E-state index in [1.165, 1.54) is 6.42 Å². The van der Waals surface area contributed by atoms with Gasteiger partial charge in [-0.15, -0.1) is 0 Å². The third-order valence-electron chi connectivity index (χ3n) is 2.57. The summed E-state index contributed by atoms with van der Waals surface area (Å²) >= 11 is 0. The first-order valence-corrected chi connectivity index (χ1v) is 4.66. The van der Waals surface area contributed by atoms with E-state index in [4.69, 9.17) is 5.11 Å². The van der Waals surface area contributed by atoms with Crippen LogP contribution in [-0.4, -0.2) is 47.0 Å². The highest BCUT2D eigenvalue weighted by molar-refractivity contribution is 4.81. The number of aliphatic hydroxyl groups is 2. The van der Waals surface area contributed by atoms with Crippen molar-refractivity contribution < 1.29 is 10.2 Å². The summed E-state index contributed by atoms with van der Waals surface area (Å²) in [6.45, 7) is 5.94. The van der Waals surface area contributed by atoms with Gasteiger partial charge in [-0.05, 0) is 19.3 Å². The molecule has 0 bridgehead atoms. The van der Waals surface area contributed by atoms with Crippen LogP contribution >= 0.6 is 0 Å². The molecule has 1 aliphatic rings. The lowest BCUT2D eigenvalue weighted by Gasteiger charge is -2.22. The number of β-amino-alcohol motifs (C(OH)–C–C–N with tert-alkyl or cyclic N) is 1. The molecule has 0 saturated carbocycles. The first-order valence-electron chi connectivity index (χ1n) is 4.66. The average Bonchev–Trinajstić information content (AvgIpc) is 2.30. The minimum absolute atomic E-state index is 0.127. The van der Waals surface area contributed by atoms with Gasteiger partial charge in [0.05, 0.1) is 12.7 Å². The quantitative estimate of drug-likeness (QED) is 0.635. The van der Waals surface area contributed by atoms with Gasteiger partial charge in [-0.25, -0.2) is 0 Å². The van der Waals surface area contributed by atoms with Crippen LogP contribution in [0.15, 0.2) is 0 Å². The smallest absolute Gasteiger partial charge is 0.0897 e. The molecule has 0 spiro atoms. The van der Waals surface area contributed by atoms with Crippen LogP contribution in [0.5, 0.6) is 0 Å². The average molecular weight is 173 g/mol. The van der Waals surface area contributed by atoms with E-state index in [-0.39, 0.29) is 6.61 Å². The lowest BCUT2D eigenvalue weighted by Crippen LogP contribution is -2.36. The molecule has 1 rings (SSSR count). The third kappa shape index (κ3) is 2.44. The number of hydrogen-bond donors (Lipinski definition) is 2. The molecule has 0 aromatic rings. The van der Waals surface area contributed by atoms with Gasteiger partial charge in [-0.2, -0.15) is 0 Å². The van der Waals surface area contributed by atoms with E-state index in [9.17, 15) is 5.11 Å². The monoisotopic (exact) mass is 173 g/mol. The van der Waals surface area contributed by atoms with Crippen LogP contribution in [0.3, 0.4) is 0 Å². The van der Waals surface area contributed by atoms with Crippen LogP contribution in [0.2, 0.25) is 0 Å². The van der Waals surface area contributed by atoms with Gasteiger partial charge in [0.25, 0.3) is 0 Å². The normalized spacial score (nSPS) is 34.0. The van der Waals surface area contributed by atoms with Crippen molar-refractivity contribution in [1.29, 1.82) is 0 Å². The molecule has 3 atom stereocenters. The van der Waals surface area contributed by atoms with E-state index >= 15 is 0 Å². The predicted molar refractivity (Wildman–Crippen MR) is 47.9 cm³/mol. The minimum atomic E-state index is -0.572. The summed E-state index contributed by atoms with van der Waals surface area (Å²) in [5, 5.41) is 17.9. The highest BCUT2D eigenvalue weighted by Gasteiger charge is 2.26. The molecule has 72 valence electrons. The summed E-state index contributed by atoms with van der Waals surface area (Å²) in [5.41, 5.74) is 0. The van der Waals surface area contributed by atoms with Crippen molar-refractivity contribution in [2.24, 2.45) is 5.92 Å². The van der Waals surface area contributed by atoms with E-state index in [0.717, 1.165) is 12.5 Å². The number of likely N-dealkylation sites (tertiary alicyclic amines) is 1. The Balaban J connectivity index is 2.32. The molecule has 0 aliphatic carbocycles. The zero-order chi connectivity index (χ0) is 9.14. The van der Waals surface area contributed by atoms with Gasteiger partial charge in [0.1, 0.15) is 0 Å². The largest absolute Gasteiger partial charge is 0.394 e. The van der Waals surface area contributed by atoms with Crippen LogP contribution in [0, 0.1) is 5.92 Å². The Morgan fingerprint density at radius 3 is 2.58 bits per heavy atom. The molecule has 2 N–H and O–H groups in total. The van der Waals surface area contributed by atoms with Gasteiger partial charge in [0.2, 0.25) is 0 Å². The second kappa shape index (κ2) is 4.21. The molecule has 0 radical (unpaired) electrons.